The summed E-state index contributed by atoms with van der Waals surface area (Å²) in [5.74, 6) is -0.270. The van der Waals surface area contributed by atoms with Gasteiger partial charge >= 0.3 is 5.97 Å². The first-order valence-corrected chi connectivity index (χ1v) is 7.21. The highest BCUT2D eigenvalue weighted by Crippen LogP contribution is 2.36. The number of hydrogen-bond donors (Lipinski definition) is 1. The maximum Gasteiger partial charge on any atom is 0.308 e. The fraction of sp³-hybridized carbons (Fsp3) is 0.692. The minimum Gasteiger partial charge on any atom is -0.481 e. The molecule has 1 N–H and O–H groups in total. The number of carboxylic acids is 1. The molecule has 1 fully saturated rings. The summed E-state index contributed by atoms with van der Waals surface area (Å²) < 4.78 is 5.10. The average Bonchev–Trinajstić information content (AvgIpc) is 2.73. The Balaban J connectivity index is 2.17. The number of carbonyl (C=O) groups is 1. The van der Waals surface area contributed by atoms with Crippen molar-refractivity contribution in [3.8, 4) is 0 Å². The van der Waals surface area contributed by atoms with Crippen LogP contribution in [-0.4, -0.2) is 23.2 Å². The lowest BCUT2D eigenvalue weighted by atomic mass is 9.90. The maximum atomic E-state index is 10.8. The van der Waals surface area contributed by atoms with Crippen LogP contribution in [-0.2, 0) is 22.6 Å². The summed E-state index contributed by atoms with van der Waals surface area (Å²) in [6.07, 6.45) is 6.27. The molecule has 1 aromatic rings. The van der Waals surface area contributed by atoms with E-state index in [1.807, 2.05) is 0 Å². The number of aromatic nitrogens is 1. The summed E-state index contributed by atoms with van der Waals surface area (Å²) in [6.45, 7) is 0.409. The van der Waals surface area contributed by atoms with Crippen molar-refractivity contribution in [2.45, 2.75) is 51.0 Å². The number of nitrogens with zero attached hydrogens (tertiary/aromatic N) is 1. The van der Waals surface area contributed by atoms with Crippen LogP contribution in [0.1, 0.15) is 53.6 Å². The van der Waals surface area contributed by atoms with E-state index >= 15 is 0 Å². The second-order valence-electron chi connectivity index (χ2n) is 4.76. The van der Waals surface area contributed by atoms with Crippen molar-refractivity contribution in [1.82, 2.24) is 4.98 Å². The highest BCUT2D eigenvalue weighted by atomic mass is 32.1. The Hall–Kier alpha value is -0.940. The van der Waals surface area contributed by atoms with Crippen molar-refractivity contribution < 1.29 is 14.6 Å². The summed E-state index contributed by atoms with van der Waals surface area (Å²) in [6, 6.07) is 0. The van der Waals surface area contributed by atoms with Crippen LogP contribution in [0.15, 0.2) is 0 Å². The Morgan fingerprint density at radius 3 is 2.78 bits per heavy atom. The molecule has 0 amide bonds. The zero-order valence-corrected chi connectivity index (χ0v) is 11.5. The number of thiazole rings is 1. The van der Waals surface area contributed by atoms with Crippen molar-refractivity contribution in [2.75, 3.05) is 7.11 Å². The van der Waals surface area contributed by atoms with E-state index in [0.29, 0.717) is 12.5 Å². The first kappa shape index (κ1) is 13.5. The van der Waals surface area contributed by atoms with E-state index in [0.717, 1.165) is 15.6 Å². The van der Waals surface area contributed by atoms with Crippen LogP contribution in [0.25, 0.3) is 0 Å². The number of rotatable bonds is 5. The van der Waals surface area contributed by atoms with Gasteiger partial charge in [-0.25, -0.2) is 4.98 Å². The zero-order valence-electron chi connectivity index (χ0n) is 10.6. The Morgan fingerprint density at radius 1 is 1.44 bits per heavy atom. The number of aliphatic carboxylic acids is 1. The first-order valence-electron chi connectivity index (χ1n) is 6.40. The van der Waals surface area contributed by atoms with Crippen LogP contribution in [0.4, 0.5) is 0 Å². The summed E-state index contributed by atoms with van der Waals surface area (Å²) in [5.41, 5.74) is 0.811. The molecule has 5 heteroatoms. The lowest BCUT2D eigenvalue weighted by Crippen LogP contribution is -2.04. The van der Waals surface area contributed by atoms with Crippen molar-refractivity contribution in [2.24, 2.45) is 0 Å². The molecule has 0 radical (unpaired) electrons. The minimum absolute atomic E-state index is 0.0586. The van der Waals surface area contributed by atoms with Crippen LogP contribution >= 0.6 is 11.3 Å². The molecule has 0 unspecified atom stereocenters. The predicted octanol–water partition coefficient (Wildman–Crippen LogP) is 2.96. The van der Waals surface area contributed by atoms with Crippen LogP contribution in [0.3, 0.4) is 0 Å². The molecule has 1 aliphatic carbocycles. The Bertz CT molecular complexity index is 410. The molecule has 0 atom stereocenters. The fourth-order valence-electron chi connectivity index (χ4n) is 2.45. The van der Waals surface area contributed by atoms with Crippen molar-refractivity contribution >= 4 is 17.3 Å². The van der Waals surface area contributed by atoms with Crippen LogP contribution < -0.4 is 0 Å². The highest BCUT2D eigenvalue weighted by Gasteiger charge is 2.22. The molecular weight excluding hydrogens is 250 g/mol. The van der Waals surface area contributed by atoms with Gasteiger partial charge in [-0.2, -0.15) is 0 Å². The largest absolute Gasteiger partial charge is 0.481 e. The number of ether oxygens (including phenoxy) is 1. The zero-order chi connectivity index (χ0) is 13.0. The number of hydrogen-bond acceptors (Lipinski definition) is 4. The van der Waals surface area contributed by atoms with Crippen LogP contribution in [0, 0.1) is 0 Å². The molecule has 1 heterocycles. The highest BCUT2D eigenvalue weighted by molar-refractivity contribution is 7.12. The summed E-state index contributed by atoms with van der Waals surface area (Å²) >= 11 is 1.56. The minimum atomic E-state index is -0.800. The molecule has 0 spiro atoms. The standard InChI is InChI=1S/C13H19NO3S/c1-17-8-10-11(7-12(15)16)18-13(14-10)9-5-3-2-4-6-9/h9H,2-8H2,1H3,(H,15,16). The Kier molecular flexibility index (Phi) is 4.72. The van der Waals surface area contributed by atoms with Gasteiger partial charge in [-0.15, -0.1) is 11.3 Å². The van der Waals surface area contributed by atoms with Gasteiger partial charge in [-0.05, 0) is 12.8 Å². The normalized spacial score (nSPS) is 16.9. The van der Waals surface area contributed by atoms with Gasteiger partial charge in [-0.3, -0.25) is 4.79 Å². The molecule has 18 heavy (non-hydrogen) atoms. The smallest absolute Gasteiger partial charge is 0.308 e. The second-order valence-corrected chi connectivity index (χ2v) is 5.88. The molecule has 0 bridgehead atoms. The van der Waals surface area contributed by atoms with Crippen molar-refractivity contribution in [3.63, 3.8) is 0 Å². The molecule has 1 aromatic heterocycles. The molecule has 0 aliphatic heterocycles. The fourth-order valence-corrected chi connectivity index (χ4v) is 3.68. The second kappa shape index (κ2) is 6.29. The first-order chi connectivity index (χ1) is 8.70. The predicted molar refractivity (Wildman–Crippen MR) is 70.0 cm³/mol. The molecule has 0 aromatic carbocycles. The maximum absolute atomic E-state index is 10.8. The van der Waals surface area contributed by atoms with Gasteiger partial charge in [0.25, 0.3) is 0 Å². The van der Waals surface area contributed by atoms with Crippen LogP contribution in [0.2, 0.25) is 0 Å². The van der Waals surface area contributed by atoms with Gasteiger partial charge in [0.15, 0.2) is 0 Å². The summed E-state index contributed by atoms with van der Waals surface area (Å²) in [5, 5.41) is 10.0. The van der Waals surface area contributed by atoms with Gasteiger partial charge in [0.1, 0.15) is 0 Å². The third-order valence-electron chi connectivity index (χ3n) is 3.34. The molecule has 1 aliphatic rings. The van der Waals surface area contributed by atoms with Gasteiger partial charge in [0.05, 0.1) is 23.7 Å². The number of methoxy groups -OCH3 is 1. The monoisotopic (exact) mass is 269 g/mol. The molecule has 2 rings (SSSR count). The topological polar surface area (TPSA) is 59.4 Å². The third kappa shape index (κ3) is 3.29. The Labute approximate surface area is 111 Å². The van der Waals surface area contributed by atoms with Gasteiger partial charge in [0, 0.05) is 17.9 Å². The molecular formula is C13H19NO3S. The van der Waals surface area contributed by atoms with E-state index in [-0.39, 0.29) is 6.42 Å². The van der Waals surface area contributed by atoms with E-state index in [2.05, 4.69) is 4.98 Å². The average molecular weight is 269 g/mol. The van der Waals surface area contributed by atoms with Crippen LogP contribution in [0.5, 0.6) is 0 Å². The molecule has 4 nitrogen and oxygen atoms in total. The van der Waals surface area contributed by atoms with Gasteiger partial charge < -0.3 is 9.84 Å². The van der Waals surface area contributed by atoms with Gasteiger partial charge in [-0.1, -0.05) is 19.3 Å². The van der Waals surface area contributed by atoms with Crippen molar-refractivity contribution in [1.29, 1.82) is 0 Å². The van der Waals surface area contributed by atoms with E-state index in [1.165, 1.54) is 32.1 Å². The van der Waals surface area contributed by atoms with Crippen molar-refractivity contribution in [3.05, 3.63) is 15.6 Å². The third-order valence-corrected chi connectivity index (χ3v) is 4.60. The molecule has 1 saturated carbocycles. The lowest BCUT2D eigenvalue weighted by molar-refractivity contribution is -0.136. The van der Waals surface area contributed by atoms with E-state index < -0.39 is 5.97 Å². The van der Waals surface area contributed by atoms with E-state index in [1.54, 1.807) is 18.4 Å². The quantitative estimate of drug-likeness (QED) is 0.892. The van der Waals surface area contributed by atoms with E-state index in [9.17, 15) is 4.79 Å². The van der Waals surface area contributed by atoms with E-state index in [4.69, 9.17) is 9.84 Å². The molecule has 100 valence electrons. The molecule has 0 saturated heterocycles. The lowest BCUT2D eigenvalue weighted by Gasteiger charge is -2.18. The Morgan fingerprint density at radius 2 is 2.17 bits per heavy atom. The van der Waals surface area contributed by atoms with Gasteiger partial charge in [0.2, 0.25) is 0 Å². The SMILES string of the molecule is COCc1nc(C2CCCCC2)sc1CC(=O)O. The number of carboxylic acid groups (broad SMARTS) is 1. The summed E-state index contributed by atoms with van der Waals surface area (Å²) in [7, 11) is 1.62. The summed E-state index contributed by atoms with van der Waals surface area (Å²) in [4.78, 5) is 16.3.